The second-order valence-corrected chi connectivity index (χ2v) is 6.49. The summed E-state index contributed by atoms with van der Waals surface area (Å²) in [5, 5.41) is 9.00. The van der Waals surface area contributed by atoms with E-state index in [1.807, 2.05) is 11.7 Å². The Hall–Kier alpha value is -2.48. The molecule has 0 spiro atoms. The standard InChI is InChI=1S/C15H15N5O2S/c1-19-12-4-2-3-11(9(12)8-17-19)18-13(21)10-7-16-15-20(14(10)22)5-6-23-15/h5-8,11H,2-4H2,1H3,(H,18,21)/t11-/m1/s1. The van der Waals surface area contributed by atoms with Gasteiger partial charge in [0.15, 0.2) is 4.96 Å². The van der Waals surface area contributed by atoms with Gasteiger partial charge >= 0.3 is 0 Å². The molecule has 4 rings (SSSR count). The van der Waals surface area contributed by atoms with Crippen LogP contribution in [0.25, 0.3) is 4.96 Å². The van der Waals surface area contributed by atoms with E-state index in [0.29, 0.717) is 4.96 Å². The molecular formula is C15H15N5O2S. The number of aromatic nitrogens is 4. The van der Waals surface area contributed by atoms with Crippen molar-refractivity contribution in [3.8, 4) is 0 Å². The molecule has 8 heteroatoms. The zero-order valence-electron chi connectivity index (χ0n) is 12.5. The fourth-order valence-corrected chi connectivity index (χ4v) is 3.75. The monoisotopic (exact) mass is 329 g/mol. The summed E-state index contributed by atoms with van der Waals surface area (Å²) in [5.74, 6) is -0.384. The summed E-state index contributed by atoms with van der Waals surface area (Å²) >= 11 is 1.36. The van der Waals surface area contributed by atoms with Crippen LogP contribution in [0.15, 0.2) is 28.8 Å². The van der Waals surface area contributed by atoms with E-state index in [9.17, 15) is 9.59 Å². The van der Waals surface area contributed by atoms with Gasteiger partial charge in [-0.3, -0.25) is 18.7 Å². The maximum absolute atomic E-state index is 12.5. The average molecular weight is 329 g/mol. The minimum Gasteiger partial charge on any atom is -0.345 e. The molecule has 1 atom stereocenters. The average Bonchev–Trinajstić information content (AvgIpc) is 3.16. The fraction of sp³-hybridized carbons (Fsp3) is 0.333. The Morgan fingerprint density at radius 1 is 1.43 bits per heavy atom. The molecule has 118 valence electrons. The van der Waals surface area contributed by atoms with E-state index in [4.69, 9.17) is 0 Å². The van der Waals surface area contributed by atoms with E-state index in [1.165, 1.54) is 21.9 Å². The number of carbonyl (C=O) groups excluding carboxylic acids is 1. The van der Waals surface area contributed by atoms with Crippen molar-refractivity contribution in [2.45, 2.75) is 25.3 Å². The summed E-state index contributed by atoms with van der Waals surface area (Å²) in [6, 6.07) is -0.109. The van der Waals surface area contributed by atoms with Crippen molar-refractivity contribution in [2.24, 2.45) is 7.05 Å². The molecule has 0 saturated carbocycles. The molecule has 0 unspecified atom stereocenters. The number of rotatable bonds is 2. The highest BCUT2D eigenvalue weighted by Crippen LogP contribution is 2.29. The van der Waals surface area contributed by atoms with Crippen molar-refractivity contribution in [1.29, 1.82) is 0 Å². The molecule has 0 saturated heterocycles. The van der Waals surface area contributed by atoms with Crippen LogP contribution in [0.4, 0.5) is 0 Å². The summed E-state index contributed by atoms with van der Waals surface area (Å²) in [4.78, 5) is 29.7. The summed E-state index contributed by atoms with van der Waals surface area (Å²) < 4.78 is 3.25. The van der Waals surface area contributed by atoms with Crippen molar-refractivity contribution in [2.75, 3.05) is 0 Å². The number of nitrogens with zero attached hydrogens (tertiary/aromatic N) is 4. The van der Waals surface area contributed by atoms with E-state index < -0.39 is 0 Å². The molecule has 3 aromatic heterocycles. The number of hydrogen-bond acceptors (Lipinski definition) is 5. The molecule has 0 fully saturated rings. The van der Waals surface area contributed by atoms with Gasteiger partial charge in [-0.05, 0) is 19.3 Å². The maximum Gasteiger partial charge on any atom is 0.271 e. The van der Waals surface area contributed by atoms with Crippen LogP contribution in [0.5, 0.6) is 0 Å². The van der Waals surface area contributed by atoms with Crippen molar-refractivity contribution < 1.29 is 4.79 Å². The first-order valence-corrected chi connectivity index (χ1v) is 8.29. The van der Waals surface area contributed by atoms with Gasteiger partial charge in [0.1, 0.15) is 5.56 Å². The van der Waals surface area contributed by atoms with Gasteiger partial charge in [0, 0.05) is 36.1 Å². The molecule has 1 amide bonds. The van der Waals surface area contributed by atoms with Gasteiger partial charge in [-0.1, -0.05) is 0 Å². The molecule has 23 heavy (non-hydrogen) atoms. The Morgan fingerprint density at radius 3 is 3.17 bits per heavy atom. The maximum atomic E-state index is 12.5. The summed E-state index contributed by atoms with van der Waals surface area (Å²) in [7, 11) is 1.91. The van der Waals surface area contributed by atoms with Crippen LogP contribution in [-0.4, -0.2) is 25.1 Å². The predicted octanol–water partition coefficient (Wildman–Crippen LogP) is 1.30. The Balaban J connectivity index is 1.65. The molecular weight excluding hydrogens is 314 g/mol. The van der Waals surface area contributed by atoms with E-state index in [2.05, 4.69) is 15.4 Å². The third kappa shape index (κ3) is 2.26. The van der Waals surface area contributed by atoms with Crippen molar-refractivity contribution in [3.63, 3.8) is 0 Å². The van der Waals surface area contributed by atoms with Gasteiger partial charge < -0.3 is 5.32 Å². The van der Waals surface area contributed by atoms with Crippen LogP contribution in [0.1, 0.15) is 40.5 Å². The van der Waals surface area contributed by atoms with Crippen LogP contribution in [0, 0.1) is 0 Å². The molecule has 0 aliphatic heterocycles. The second-order valence-electron chi connectivity index (χ2n) is 5.62. The van der Waals surface area contributed by atoms with Gasteiger partial charge in [-0.25, -0.2) is 4.98 Å². The van der Waals surface area contributed by atoms with E-state index in [0.717, 1.165) is 30.5 Å². The predicted molar refractivity (Wildman–Crippen MR) is 85.7 cm³/mol. The van der Waals surface area contributed by atoms with E-state index in [1.54, 1.807) is 17.8 Å². The van der Waals surface area contributed by atoms with Gasteiger partial charge in [-0.15, -0.1) is 11.3 Å². The van der Waals surface area contributed by atoms with Crippen LogP contribution < -0.4 is 10.9 Å². The van der Waals surface area contributed by atoms with Crippen molar-refractivity contribution >= 4 is 22.2 Å². The van der Waals surface area contributed by atoms with Crippen molar-refractivity contribution in [1.82, 2.24) is 24.5 Å². The van der Waals surface area contributed by atoms with E-state index >= 15 is 0 Å². The Kier molecular flexibility index (Phi) is 3.26. The third-order valence-electron chi connectivity index (χ3n) is 4.27. The summed E-state index contributed by atoms with van der Waals surface area (Å²) in [5.41, 5.74) is 1.91. The number of aryl methyl sites for hydroxylation is 1. The third-order valence-corrected chi connectivity index (χ3v) is 5.04. The fourth-order valence-electron chi connectivity index (χ4n) is 3.07. The first-order valence-electron chi connectivity index (χ1n) is 7.41. The lowest BCUT2D eigenvalue weighted by Gasteiger charge is -2.23. The number of hydrogen-bond donors (Lipinski definition) is 1. The zero-order chi connectivity index (χ0) is 16.0. The largest absolute Gasteiger partial charge is 0.345 e. The summed E-state index contributed by atoms with van der Waals surface area (Å²) in [6.45, 7) is 0. The van der Waals surface area contributed by atoms with Crippen LogP contribution in [0.3, 0.4) is 0 Å². The normalized spacial score (nSPS) is 17.2. The quantitative estimate of drug-likeness (QED) is 0.768. The number of fused-ring (bicyclic) bond motifs is 2. The second kappa shape index (κ2) is 5.31. The van der Waals surface area contributed by atoms with Gasteiger partial charge in [0.05, 0.1) is 12.2 Å². The molecule has 0 radical (unpaired) electrons. The Morgan fingerprint density at radius 2 is 2.30 bits per heavy atom. The molecule has 7 nitrogen and oxygen atoms in total. The molecule has 0 bridgehead atoms. The smallest absolute Gasteiger partial charge is 0.271 e. The summed E-state index contributed by atoms with van der Waals surface area (Å²) in [6.07, 6.45) is 7.58. The highest BCUT2D eigenvalue weighted by atomic mass is 32.1. The first kappa shape index (κ1) is 14.1. The lowest BCUT2D eigenvalue weighted by atomic mass is 9.93. The number of carbonyl (C=O) groups is 1. The first-order chi connectivity index (χ1) is 11.1. The van der Waals surface area contributed by atoms with Crippen LogP contribution in [0.2, 0.25) is 0 Å². The highest BCUT2D eigenvalue weighted by molar-refractivity contribution is 7.15. The van der Waals surface area contributed by atoms with Gasteiger partial charge in [-0.2, -0.15) is 5.10 Å². The number of amides is 1. The molecule has 3 heterocycles. The van der Waals surface area contributed by atoms with Crippen LogP contribution >= 0.6 is 11.3 Å². The minimum absolute atomic E-state index is 0.0666. The van der Waals surface area contributed by atoms with Crippen molar-refractivity contribution in [3.05, 3.63) is 51.1 Å². The number of nitrogens with one attached hydrogen (secondary N) is 1. The molecule has 1 N–H and O–H groups in total. The molecule has 0 aromatic carbocycles. The lowest BCUT2D eigenvalue weighted by Crippen LogP contribution is -2.35. The highest BCUT2D eigenvalue weighted by Gasteiger charge is 2.26. The Bertz CT molecular complexity index is 954. The van der Waals surface area contributed by atoms with Crippen LogP contribution in [-0.2, 0) is 13.5 Å². The molecule has 1 aliphatic carbocycles. The Labute approximate surface area is 135 Å². The number of thiazole rings is 1. The van der Waals surface area contributed by atoms with Gasteiger partial charge in [0.25, 0.3) is 11.5 Å². The van der Waals surface area contributed by atoms with Gasteiger partial charge in [0.2, 0.25) is 0 Å². The topological polar surface area (TPSA) is 81.3 Å². The molecule has 3 aromatic rings. The zero-order valence-corrected chi connectivity index (χ0v) is 13.3. The minimum atomic E-state index is -0.384. The van der Waals surface area contributed by atoms with E-state index in [-0.39, 0.29) is 23.1 Å². The SMILES string of the molecule is Cn1ncc2c1CCC[C@H]2NC(=O)c1cnc2sccn2c1=O. The lowest BCUT2D eigenvalue weighted by molar-refractivity contribution is 0.0930. The molecule has 1 aliphatic rings.